The maximum absolute atomic E-state index is 12.8. The second-order valence-electron chi connectivity index (χ2n) is 5.75. The van der Waals surface area contributed by atoms with Crippen molar-refractivity contribution in [2.75, 3.05) is 12.4 Å². The number of hydrogen-bond acceptors (Lipinski definition) is 6. The molecule has 0 spiro atoms. The first kappa shape index (κ1) is 20.1. The van der Waals surface area contributed by atoms with E-state index in [-0.39, 0.29) is 11.3 Å². The molecule has 0 saturated heterocycles. The molecular formula is C19H20FN3O4. The van der Waals surface area contributed by atoms with Crippen molar-refractivity contribution in [2.45, 2.75) is 19.6 Å². The normalized spacial score (nSPS) is 12.7. The van der Waals surface area contributed by atoms with Crippen LogP contribution in [0.5, 0.6) is 0 Å². The average Bonchev–Trinajstić information content (AvgIpc) is 2.68. The number of nitrogens with zero attached hydrogens (tertiary/aromatic N) is 1. The molecule has 2 aromatic rings. The van der Waals surface area contributed by atoms with Crippen LogP contribution in [0.25, 0.3) is 0 Å². The highest BCUT2D eigenvalue weighted by molar-refractivity contribution is 5.91. The second-order valence-corrected chi connectivity index (χ2v) is 5.75. The van der Waals surface area contributed by atoms with E-state index in [9.17, 15) is 14.0 Å². The van der Waals surface area contributed by atoms with Crippen LogP contribution in [0.1, 0.15) is 34.6 Å². The van der Waals surface area contributed by atoms with Gasteiger partial charge in [-0.1, -0.05) is 18.2 Å². The highest BCUT2D eigenvalue weighted by atomic mass is 19.1. The molecular weight excluding hydrogens is 353 g/mol. The van der Waals surface area contributed by atoms with Crippen molar-refractivity contribution in [3.63, 3.8) is 0 Å². The van der Waals surface area contributed by atoms with Gasteiger partial charge in [-0.2, -0.15) is 0 Å². The van der Waals surface area contributed by atoms with Gasteiger partial charge in [-0.25, -0.2) is 19.0 Å². The lowest BCUT2D eigenvalue weighted by Gasteiger charge is -2.19. The molecule has 0 aliphatic carbocycles. The van der Waals surface area contributed by atoms with E-state index in [2.05, 4.69) is 10.3 Å². The lowest BCUT2D eigenvalue weighted by molar-refractivity contribution is -0.136. The number of esters is 1. The Labute approximate surface area is 155 Å². The molecule has 0 radical (unpaired) electrons. The predicted octanol–water partition coefficient (Wildman–Crippen LogP) is 2.81. The van der Waals surface area contributed by atoms with Gasteiger partial charge in [0.15, 0.2) is 0 Å². The summed E-state index contributed by atoms with van der Waals surface area (Å²) in [6, 6.07) is 8.58. The molecule has 0 aliphatic rings. The Hall–Kier alpha value is -3.26. The van der Waals surface area contributed by atoms with E-state index < -0.39 is 24.7 Å². The average molecular weight is 373 g/mol. The Kier molecular flexibility index (Phi) is 6.62. The van der Waals surface area contributed by atoms with Gasteiger partial charge in [0.2, 0.25) is 0 Å². The summed E-state index contributed by atoms with van der Waals surface area (Å²) >= 11 is 0. The summed E-state index contributed by atoms with van der Waals surface area (Å²) in [5, 5.41) is 12.0. The molecule has 0 bridgehead atoms. The molecule has 1 aromatic heterocycles. The molecule has 1 heterocycles. The van der Waals surface area contributed by atoms with Crippen molar-refractivity contribution < 1.29 is 23.8 Å². The van der Waals surface area contributed by atoms with Crippen molar-refractivity contribution in [1.29, 1.82) is 0 Å². The van der Waals surface area contributed by atoms with Crippen LogP contribution >= 0.6 is 0 Å². The van der Waals surface area contributed by atoms with Crippen LogP contribution in [0.3, 0.4) is 0 Å². The van der Waals surface area contributed by atoms with Crippen molar-refractivity contribution >= 4 is 17.6 Å². The fraction of sp³-hybridized carbons (Fsp3) is 0.211. The lowest BCUT2D eigenvalue weighted by Crippen LogP contribution is -2.24. The lowest BCUT2D eigenvalue weighted by atomic mass is 9.99. The molecule has 0 saturated carbocycles. The van der Waals surface area contributed by atoms with Gasteiger partial charge in [0, 0.05) is 17.6 Å². The first-order chi connectivity index (χ1) is 12.9. The number of carbonyl (C=O) groups is 2. The number of aromatic carboxylic acids is 1. The molecule has 0 aliphatic heterocycles. The van der Waals surface area contributed by atoms with Crippen molar-refractivity contribution in [1.82, 2.24) is 4.98 Å². The molecule has 1 atom stereocenters. The second kappa shape index (κ2) is 8.91. The number of aromatic nitrogens is 1. The SMILES string of the molecule is COC(=O)/C(=C(\C)Nc1cccc(CF)c1)C(N)c1ccc(C(=O)O)nc1. The summed E-state index contributed by atoms with van der Waals surface area (Å²) in [7, 11) is 1.23. The van der Waals surface area contributed by atoms with Gasteiger partial charge >= 0.3 is 11.9 Å². The van der Waals surface area contributed by atoms with Crippen LogP contribution in [0, 0.1) is 0 Å². The Morgan fingerprint density at radius 2 is 2.07 bits per heavy atom. The fourth-order valence-corrected chi connectivity index (χ4v) is 2.52. The molecule has 27 heavy (non-hydrogen) atoms. The van der Waals surface area contributed by atoms with E-state index in [0.717, 1.165) is 0 Å². The van der Waals surface area contributed by atoms with Crippen LogP contribution in [0.2, 0.25) is 0 Å². The van der Waals surface area contributed by atoms with Crippen LogP contribution < -0.4 is 11.1 Å². The van der Waals surface area contributed by atoms with Gasteiger partial charge in [-0.15, -0.1) is 0 Å². The van der Waals surface area contributed by atoms with Crippen molar-refractivity contribution in [3.05, 3.63) is 70.7 Å². The van der Waals surface area contributed by atoms with Crippen LogP contribution in [0.15, 0.2) is 53.9 Å². The van der Waals surface area contributed by atoms with E-state index in [1.807, 2.05) is 0 Å². The van der Waals surface area contributed by atoms with E-state index in [4.69, 9.17) is 15.6 Å². The van der Waals surface area contributed by atoms with E-state index >= 15 is 0 Å². The number of carbonyl (C=O) groups excluding carboxylic acids is 1. The van der Waals surface area contributed by atoms with Gasteiger partial charge in [-0.05, 0) is 36.2 Å². The van der Waals surface area contributed by atoms with Crippen LogP contribution in [0.4, 0.5) is 10.1 Å². The summed E-state index contributed by atoms with van der Waals surface area (Å²) in [5.74, 6) is -1.80. The summed E-state index contributed by atoms with van der Waals surface area (Å²) in [4.78, 5) is 27.0. The number of alkyl halides is 1. The molecule has 7 nitrogen and oxygen atoms in total. The predicted molar refractivity (Wildman–Crippen MR) is 97.7 cm³/mol. The number of carboxylic acid groups (broad SMARTS) is 1. The number of allylic oxidation sites excluding steroid dienone is 1. The molecule has 4 N–H and O–H groups in total. The minimum Gasteiger partial charge on any atom is -0.477 e. The van der Waals surface area contributed by atoms with Gasteiger partial charge in [0.05, 0.1) is 18.7 Å². The van der Waals surface area contributed by atoms with Crippen LogP contribution in [-0.4, -0.2) is 29.1 Å². The topological polar surface area (TPSA) is 115 Å². The number of anilines is 1. The summed E-state index contributed by atoms with van der Waals surface area (Å²) in [6.45, 7) is 1.04. The number of nitrogens with one attached hydrogen (secondary N) is 1. The number of nitrogens with two attached hydrogens (primary N) is 1. The van der Waals surface area contributed by atoms with Crippen molar-refractivity contribution in [3.8, 4) is 0 Å². The van der Waals surface area contributed by atoms with Gasteiger partial charge in [-0.3, -0.25) is 0 Å². The third-order valence-corrected chi connectivity index (χ3v) is 3.90. The number of methoxy groups -OCH3 is 1. The summed E-state index contributed by atoms with van der Waals surface area (Å²) in [5.41, 5.74) is 8.17. The first-order valence-electron chi connectivity index (χ1n) is 8.03. The monoisotopic (exact) mass is 373 g/mol. The number of ether oxygens (including phenoxy) is 1. The molecule has 0 fully saturated rings. The number of halogens is 1. The van der Waals surface area contributed by atoms with Gasteiger partial charge in [0.1, 0.15) is 12.4 Å². The highest BCUT2D eigenvalue weighted by Gasteiger charge is 2.23. The van der Waals surface area contributed by atoms with Crippen LogP contribution in [-0.2, 0) is 16.2 Å². The minimum absolute atomic E-state index is 0.132. The molecule has 1 unspecified atom stereocenters. The maximum Gasteiger partial charge on any atom is 0.354 e. The maximum atomic E-state index is 12.8. The van der Waals surface area contributed by atoms with Crippen molar-refractivity contribution in [2.24, 2.45) is 5.73 Å². The minimum atomic E-state index is -1.16. The van der Waals surface area contributed by atoms with E-state index in [1.165, 1.54) is 25.4 Å². The number of carboxylic acids is 1. The number of benzene rings is 1. The molecule has 142 valence electrons. The van der Waals surface area contributed by atoms with E-state index in [0.29, 0.717) is 22.5 Å². The Bertz CT molecular complexity index is 866. The zero-order chi connectivity index (χ0) is 20.0. The Morgan fingerprint density at radius 3 is 2.63 bits per heavy atom. The van der Waals surface area contributed by atoms with Gasteiger partial charge < -0.3 is 20.9 Å². The molecule has 0 amide bonds. The number of rotatable bonds is 7. The van der Waals surface area contributed by atoms with Gasteiger partial charge in [0.25, 0.3) is 0 Å². The fourth-order valence-electron chi connectivity index (χ4n) is 2.52. The Balaban J connectivity index is 2.38. The third-order valence-electron chi connectivity index (χ3n) is 3.90. The summed E-state index contributed by atoms with van der Waals surface area (Å²) < 4.78 is 17.7. The smallest absolute Gasteiger partial charge is 0.354 e. The van der Waals surface area contributed by atoms with E-state index in [1.54, 1.807) is 31.2 Å². The quantitative estimate of drug-likeness (QED) is 0.505. The zero-order valence-corrected chi connectivity index (χ0v) is 14.9. The molecule has 1 aromatic carbocycles. The molecule has 2 rings (SSSR count). The third kappa shape index (κ3) is 4.89. The Morgan fingerprint density at radius 1 is 1.33 bits per heavy atom. The number of pyridine rings is 1. The zero-order valence-electron chi connectivity index (χ0n) is 14.9. The first-order valence-corrected chi connectivity index (χ1v) is 8.03. The largest absolute Gasteiger partial charge is 0.477 e. The number of hydrogen-bond donors (Lipinski definition) is 3. The standard InChI is InChI=1S/C19H20FN3O4/c1-11(23-14-5-3-4-12(8-14)9-20)16(19(26)27-2)17(21)13-6-7-15(18(24)25)22-10-13/h3-8,10,17,23H,9,21H2,1-2H3,(H,24,25)/b16-11+. The molecule has 8 heteroatoms. The highest BCUT2D eigenvalue weighted by Crippen LogP contribution is 2.24. The summed E-state index contributed by atoms with van der Waals surface area (Å²) in [6.07, 6.45) is 1.30.